The van der Waals surface area contributed by atoms with Crippen molar-refractivity contribution in [2.45, 2.75) is 31.9 Å². The minimum absolute atomic E-state index is 0.0231. The number of thiol groups is 1. The molecule has 0 spiro atoms. The molecule has 11 heavy (non-hydrogen) atoms. The summed E-state index contributed by atoms with van der Waals surface area (Å²) in [6, 6.07) is 0. The molecule has 1 aromatic heterocycles. The van der Waals surface area contributed by atoms with Gasteiger partial charge in [-0.05, 0) is 6.92 Å². The molecule has 0 saturated heterocycles. The first kappa shape index (κ1) is 8.59. The van der Waals surface area contributed by atoms with Gasteiger partial charge >= 0.3 is 0 Å². The molecule has 4 heteroatoms. The fraction of sp³-hybridized carbons (Fsp3) is 0.714. The van der Waals surface area contributed by atoms with E-state index in [9.17, 15) is 0 Å². The first-order valence-corrected chi connectivity index (χ1v) is 4.14. The Morgan fingerprint density at radius 2 is 1.73 bits per heavy atom. The number of rotatable bonds is 2. The molecule has 1 unspecified atom stereocenters. The molecular formula is C7H12N2OS. The van der Waals surface area contributed by atoms with E-state index in [1.165, 1.54) is 0 Å². The molecule has 1 atom stereocenters. The van der Waals surface area contributed by atoms with Crippen LogP contribution in [0.3, 0.4) is 0 Å². The van der Waals surface area contributed by atoms with E-state index in [0.717, 1.165) is 0 Å². The van der Waals surface area contributed by atoms with Crippen LogP contribution in [0, 0.1) is 0 Å². The Balaban J connectivity index is 2.82. The summed E-state index contributed by atoms with van der Waals surface area (Å²) in [5, 5.41) is 7.74. The summed E-state index contributed by atoms with van der Waals surface area (Å²) in [5.41, 5.74) is 0. The molecule has 0 saturated carbocycles. The van der Waals surface area contributed by atoms with Crippen LogP contribution in [0.25, 0.3) is 0 Å². The van der Waals surface area contributed by atoms with Crippen molar-refractivity contribution in [3.05, 3.63) is 11.8 Å². The minimum atomic E-state index is 0.0231. The van der Waals surface area contributed by atoms with Gasteiger partial charge in [0.05, 0.1) is 5.25 Å². The smallest absolute Gasteiger partial charge is 0.228 e. The SMILES string of the molecule is CC(C)c1nnc(C(C)S)o1. The maximum absolute atomic E-state index is 5.31. The van der Waals surface area contributed by atoms with Gasteiger partial charge in [-0.1, -0.05) is 13.8 Å². The summed E-state index contributed by atoms with van der Waals surface area (Å²) in [6.45, 7) is 5.93. The molecule has 0 fully saturated rings. The Morgan fingerprint density at radius 1 is 1.18 bits per heavy atom. The number of hydrogen-bond donors (Lipinski definition) is 1. The Hall–Kier alpha value is -0.510. The quantitative estimate of drug-likeness (QED) is 0.695. The number of nitrogens with zero attached hydrogens (tertiary/aromatic N) is 2. The zero-order chi connectivity index (χ0) is 8.43. The summed E-state index contributed by atoms with van der Waals surface area (Å²) in [5.74, 6) is 1.57. The van der Waals surface area contributed by atoms with Crippen molar-refractivity contribution in [3.63, 3.8) is 0 Å². The second kappa shape index (κ2) is 3.26. The normalized spacial score (nSPS) is 13.9. The highest BCUT2D eigenvalue weighted by Gasteiger charge is 2.11. The first-order chi connectivity index (χ1) is 5.11. The maximum atomic E-state index is 5.31. The van der Waals surface area contributed by atoms with Gasteiger partial charge < -0.3 is 4.42 Å². The molecule has 0 N–H and O–H groups in total. The molecular weight excluding hydrogens is 160 g/mol. The maximum Gasteiger partial charge on any atom is 0.228 e. The Morgan fingerprint density at radius 3 is 2.00 bits per heavy atom. The summed E-state index contributed by atoms with van der Waals surface area (Å²) in [7, 11) is 0. The van der Waals surface area contributed by atoms with E-state index < -0.39 is 0 Å². The zero-order valence-electron chi connectivity index (χ0n) is 6.90. The lowest BCUT2D eigenvalue weighted by Crippen LogP contribution is -1.85. The van der Waals surface area contributed by atoms with Crippen LogP contribution in [0.15, 0.2) is 4.42 Å². The van der Waals surface area contributed by atoms with Gasteiger partial charge in [0.25, 0.3) is 0 Å². The summed E-state index contributed by atoms with van der Waals surface area (Å²) >= 11 is 4.17. The molecule has 1 rings (SSSR count). The lowest BCUT2D eigenvalue weighted by atomic mass is 10.2. The molecule has 0 bridgehead atoms. The van der Waals surface area contributed by atoms with Crippen LogP contribution in [-0.2, 0) is 0 Å². The highest BCUT2D eigenvalue weighted by Crippen LogP contribution is 2.19. The van der Waals surface area contributed by atoms with Crippen molar-refractivity contribution in [2.75, 3.05) is 0 Å². The van der Waals surface area contributed by atoms with E-state index in [4.69, 9.17) is 4.42 Å². The van der Waals surface area contributed by atoms with E-state index in [-0.39, 0.29) is 5.25 Å². The lowest BCUT2D eigenvalue weighted by Gasteiger charge is -1.96. The molecule has 1 aromatic rings. The fourth-order valence-electron chi connectivity index (χ4n) is 0.649. The zero-order valence-corrected chi connectivity index (χ0v) is 7.80. The van der Waals surface area contributed by atoms with Crippen LogP contribution in [0.4, 0.5) is 0 Å². The van der Waals surface area contributed by atoms with Gasteiger partial charge in [0.2, 0.25) is 11.8 Å². The van der Waals surface area contributed by atoms with Crippen molar-refractivity contribution in [2.24, 2.45) is 0 Å². The standard InChI is InChI=1S/C7H12N2OS/c1-4(2)6-8-9-7(10-6)5(3)11/h4-5,11H,1-3H3. The second-order valence-electron chi connectivity index (χ2n) is 2.81. The molecule has 0 radical (unpaired) electrons. The summed E-state index contributed by atoms with van der Waals surface area (Å²) < 4.78 is 5.31. The van der Waals surface area contributed by atoms with Gasteiger partial charge in [0, 0.05) is 5.92 Å². The lowest BCUT2D eigenvalue weighted by molar-refractivity contribution is 0.434. The first-order valence-electron chi connectivity index (χ1n) is 3.62. The molecule has 0 aliphatic heterocycles. The highest BCUT2D eigenvalue weighted by atomic mass is 32.1. The van der Waals surface area contributed by atoms with E-state index in [1.807, 2.05) is 20.8 Å². The molecule has 0 aromatic carbocycles. The van der Waals surface area contributed by atoms with Crippen LogP contribution >= 0.6 is 12.6 Å². The molecule has 0 aliphatic carbocycles. The average molecular weight is 172 g/mol. The Bertz CT molecular complexity index is 210. The largest absolute Gasteiger partial charge is 0.424 e. The van der Waals surface area contributed by atoms with E-state index in [0.29, 0.717) is 17.7 Å². The van der Waals surface area contributed by atoms with E-state index in [1.54, 1.807) is 0 Å². The number of hydrogen-bond acceptors (Lipinski definition) is 4. The van der Waals surface area contributed by atoms with Crippen molar-refractivity contribution < 1.29 is 4.42 Å². The van der Waals surface area contributed by atoms with Crippen molar-refractivity contribution >= 4 is 12.6 Å². The van der Waals surface area contributed by atoms with Gasteiger partial charge in [0.1, 0.15) is 0 Å². The predicted octanol–water partition coefficient (Wildman–Crippen LogP) is 2.18. The third-order valence-corrected chi connectivity index (χ3v) is 1.53. The van der Waals surface area contributed by atoms with E-state index in [2.05, 4.69) is 22.8 Å². The summed E-state index contributed by atoms with van der Waals surface area (Å²) in [6.07, 6.45) is 0. The van der Waals surface area contributed by atoms with Gasteiger partial charge in [-0.15, -0.1) is 10.2 Å². The molecule has 0 amide bonds. The van der Waals surface area contributed by atoms with Gasteiger partial charge in [-0.25, -0.2) is 0 Å². The van der Waals surface area contributed by atoms with Crippen LogP contribution in [0.2, 0.25) is 0 Å². The number of aromatic nitrogens is 2. The topological polar surface area (TPSA) is 38.9 Å². The van der Waals surface area contributed by atoms with Crippen molar-refractivity contribution in [3.8, 4) is 0 Å². The predicted molar refractivity (Wildman–Crippen MR) is 45.8 cm³/mol. The third-order valence-electron chi connectivity index (χ3n) is 1.31. The highest BCUT2D eigenvalue weighted by molar-refractivity contribution is 7.80. The van der Waals surface area contributed by atoms with Crippen LogP contribution in [-0.4, -0.2) is 10.2 Å². The fourth-order valence-corrected chi connectivity index (χ4v) is 0.753. The molecule has 0 aliphatic rings. The molecule has 3 nitrogen and oxygen atoms in total. The molecule has 1 heterocycles. The summed E-state index contributed by atoms with van der Waals surface area (Å²) in [4.78, 5) is 0. The Kier molecular flexibility index (Phi) is 2.54. The van der Waals surface area contributed by atoms with Crippen molar-refractivity contribution in [1.82, 2.24) is 10.2 Å². The van der Waals surface area contributed by atoms with Crippen LogP contribution < -0.4 is 0 Å². The minimum Gasteiger partial charge on any atom is -0.424 e. The van der Waals surface area contributed by atoms with Crippen LogP contribution in [0.5, 0.6) is 0 Å². The van der Waals surface area contributed by atoms with Crippen molar-refractivity contribution in [1.29, 1.82) is 0 Å². The van der Waals surface area contributed by atoms with E-state index >= 15 is 0 Å². The van der Waals surface area contributed by atoms with Crippen LogP contribution in [0.1, 0.15) is 43.7 Å². The molecule has 62 valence electrons. The average Bonchev–Trinajstić information content (AvgIpc) is 2.33. The van der Waals surface area contributed by atoms with Gasteiger partial charge in [-0.2, -0.15) is 12.6 Å². The Labute approximate surface area is 71.6 Å². The van der Waals surface area contributed by atoms with Gasteiger partial charge in [-0.3, -0.25) is 0 Å². The second-order valence-corrected chi connectivity index (χ2v) is 3.58. The van der Waals surface area contributed by atoms with Gasteiger partial charge in [0.15, 0.2) is 0 Å². The third kappa shape index (κ3) is 1.96. The monoisotopic (exact) mass is 172 g/mol.